The highest BCUT2D eigenvalue weighted by Crippen LogP contribution is 2.28. The molecular weight excluding hydrogens is 347 g/mol. The smallest absolute Gasteiger partial charge is 0.309 e. The zero-order chi connectivity index (χ0) is 11.4. The van der Waals surface area contributed by atoms with Crippen molar-refractivity contribution in [3.05, 3.63) is 32.8 Å². The van der Waals surface area contributed by atoms with Crippen LogP contribution in [-0.2, 0) is 21.3 Å². The van der Waals surface area contributed by atoms with Crippen molar-refractivity contribution in [2.24, 2.45) is 0 Å². The topological polar surface area (TPSA) is 26.3 Å². The van der Waals surface area contributed by atoms with Crippen LogP contribution in [0, 0.1) is 0 Å². The molecule has 0 saturated heterocycles. The Labute approximate surface area is 110 Å². The fraction of sp³-hybridized carbons (Fsp3) is 0.300. The van der Waals surface area contributed by atoms with Crippen LogP contribution in [0.4, 0.5) is 0 Å². The van der Waals surface area contributed by atoms with Gasteiger partial charge in [-0.15, -0.1) is 0 Å². The van der Waals surface area contributed by atoms with Gasteiger partial charge in [-0.3, -0.25) is 4.79 Å². The fourth-order valence-corrected chi connectivity index (χ4v) is 2.96. The molecule has 1 rings (SSSR count). The molecule has 1 aromatic carbocycles. The lowest BCUT2D eigenvalue weighted by Gasteiger charge is -2.09. The Hall–Kier alpha value is -0.0600. The van der Waals surface area contributed by atoms with Crippen LogP contribution >= 0.6 is 43.5 Å². The maximum absolute atomic E-state index is 11.2. The molecular formula is C10H9Br2ClO2. The van der Waals surface area contributed by atoms with Crippen LogP contribution in [0.1, 0.15) is 11.1 Å². The molecule has 0 atom stereocenters. The number of rotatable bonds is 3. The Morgan fingerprint density at radius 2 is 2.20 bits per heavy atom. The minimum Gasteiger partial charge on any atom is -0.469 e. The van der Waals surface area contributed by atoms with Crippen molar-refractivity contribution in [2.45, 2.75) is 11.8 Å². The quantitative estimate of drug-likeness (QED) is 0.610. The third kappa shape index (κ3) is 3.47. The number of carbonyl (C=O) groups excluding carboxylic acids is 1. The summed E-state index contributed by atoms with van der Waals surface area (Å²) in [5, 5.41) is 1.26. The van der Waals surface area contributed by atoms with E-state index in [9.17, 15) is 4.79 Å². The standard InChI is InChI=1S/C10H9Br2ClO2/c1-15-10(14)3-6-2-7(12)4-9(13)8(6)5-11/h2,4H,3,5H2,1H3. The van der Waals surface area contributed by atoms with Gasteiger partial charge in [-0.05, 0) is 23.3 Å². The monoisotopic (exact) mass is 354 g/mol. The zero-order valence-electron chi connectivity index (χ0n) is 8.02. The molecule has 0 radical (unpaired) electrons. The van der Waals surface area contributed by atoms with Crippen molar-refractivity contribution in [1.29, 1.82) is 0 Å². The Morgan fingerprint density at radius 1 is 1.53 bits per heavy atom. The molecule has 5 heteroatoms. The van der Waals surface area contributed by atoms with E-state index in [0.717, 1.165) is 15.6 Å². The van der Waals surface area contributed by atoms with Gasteiger partial charge >= 0.3 is 5.97 Å². The van der Waals surface area contributed by atoms with E-state index >= 15 is 0 Å². The van der Waals surface area contributed by atoms with Gasteiger partial charge in [0, 0.05) is 14.8 Å². The van der Waals surface area contributed by atoms with Crippen molar-refractivity contribution in [3.8, 4) is 0 Å². The second-order valence-corrected chi connectivity index (χ2v) is 4.80. The number of benzene rings is 1. The van der Waals surface area contributed by atoms with Crippen LogP contribution in [0.3, 0.4) is 0 Å². The molecule has 2 nitrogen and oxygen atoms in total. The van der Waals surface area contributed by atoms with E-state index in [1.54, 1.807) is 6.07 Å². The summed E-state index contributed by atoms with van der Waals surface area (Å²) in [5.41, 5.74) is 1.79. The molecule has 0 bridgehead atoms. The Kier molecular flexibility index (Phi) is 5.09. The van der Waals surface area contributed by atoms with Crippen molar-refractivity contribution in [1.82, 2.24) is 0 Å². The van der Waals surface area contributed by atoms with Gasteiger partial charge < -0.3 is 4.74 Å². The summed E-state index contributed by atoms with van der Waals surface area (Å²) in [4.78, 5) is 11.2. The lowest BCUT2D eigenvalue weighted by atomic mass is 10.1. The molecule has 0 fully saturated rings. The van der Waals surface area contributed by atoms with Gasteiger partial charge in [0.1, 0.15) is 0 Å². The summed E-state index contributed by atoms with van der Waals surface area (Å²) >= 11 is 12.7. The third-order valence-electron chi connectivity index (χ3n) is 1.95. The maximum Gasteiger partial charge on any atom is 0.309 e. The van der Waals surface area contributed by atoms with Gasteiger partial charge in [0.15, 0.2) is 0 Å². The van der Waals surface area contributed by atoms with E-state index in [0.29, 0.717) is 10.4 Å². The normalized spacial score (nSPS) is 10.1. The Balaban J connectivity index is 3.09. The van der Waals surface area contributed by atoms with Crippen molar-refractivity contribution in [3.63, 3.8) is 0 Å². The number of alkyl halides is 1. The molecule has 15 heavy (non-hydrogen) atoms. The van der Waals surface area contributed by atoms with Crippen LogP contribution in [0.5, 0.6) is 0 Å². The predicted octanol–water partition coefficient (Wildman–Crippen LogP) is 3.71. The van der Waals surface area contributed by atoms with Crippen LogP contribution in [0.15, 0.2) is 16.6 Å². The van der Waals surface area contributed by atoms with Crippen LogP contribution in [-0.4, -0.2) is 13.1 Å². The fourth-order valence-electron chi connectivity index (χ4n) is 1.19. The maximum atomic E-state index is 11.2. The summed E-state index contributed by atoms with van der Waals surface area (Å²) in [6.45, 7) is 0. The first-order chi connectivity index (χ1) is 7.08. The minimum atomic E-state index is -0.272. The number of carbonyl (C=O) groups is 1. The molecule has 1 aromatic rings. The zero-order valence-corrected chi connectivity index (χ0v) is 11.9. The number of esters is 1. The highest BCUT2D eigenvalue weighted by molar-refractivity contribution is 9.10. The summed E-state index contributed by atoms with van der Waals surface area (Å²) in [6.07, 6.45) is 0.233. The van der Waals surface area contributed by atoms with E-state index in [1.165, 1.54) is 7.11 Å². The summed E-state index contributed by atoms with van der Waals surface area (Å²) in [5.74, 6) is -0.272. The first-order valence-electron chi connectivity index (χ1n) is 4.18. The Bertz CT molecular complexity index is 380. The van der Waals surface area contributed by atoms with E-state index in [2.05, 4.69) is 36.6 Å². The van der Waals surface area contributed by atoms with Crippen LogP contribution in [0.2, 0.25) is 5.02 Å². The number of hydrogen-bond acceptors (Lipinski definition) is 2. The van der Waals surface area contributed by atoms with Gasteiger partial charge in [0.2, 0.25) is 0 Å². The average Bonchev–Trinajstić information content (AvgIpc) is 2.17. The highest BCUT2D eigenvalue weighted by atomic mass is 79.9. The largest absolute Gasteiger partial charge is 0.469 e. The Morgan fingerprint density at radius 3 is 2.73 bits per heavy atom. The van der Waals surface area contributed by atoms with Gasteiger partial charge in [0.25, 0.3) is 0 Å². The molecule has 0 unspecified atom stereocenters. The molecule has 0 aromatic heterocycles. The number of hydrogen-bond donors (Lipinski definition) is 0. The van der Waals surface area contributed by atoms with E-state index in [-0.39, 0.29) is 12.4 Å². The van der Waals surface area contributed by atoms with Crippen LogP contribution < -0.4 is 0 Å². The first kappa shape index (κ1) is 13.0. The van der Waals surface area contributed by atoms with Gasteiger partial charge in [-0.1, -0.05) is 43.5 Å². The average molecular weight is 356 g/mol. The third-order valence-corrected chi connectivity index (χ3v) is 3.30. The summed E-state index contributed by atoms with van der Waals surface area (Å²) in [6, 6.07) is 3.68. The van der Waals surface area contributed by atoms with E-state index < -0.39 is 0 Å². The molecule has 0 heterocycles. The molecule has 82 valence electrons. The van der Waals surface area contributed by atoms with Crippen molar-refractivity contribution < 1.29 is 9.53 Å². The lowest BCUT2D eigenvalue weighted by molar-refractivity contribution is -0.139. The summed E-state index contributed by atoms with van der Waals surface area (Å²) in [7, 11) is 1.37. The first-order valence-corrected chi connectivity index (χ1v) is 6.47. The van der Waals surface area contributed by atoms with Gasteiger partial charge in [0.05, 0.1) is 13.5 Å². The molecule has 0 N–H and O–H groups in total. The second-order valence-electron chi connectivity index (χ2n) is 2.91. The van der Waals surface area contributed by atoms with Crippen molar-refractivity contribution >= 4 is 49.4 Å². The molecule has 0 spiro atoms. The van der Waals surface area contributed by atoms with Crippen LogP contribution in [0.25, 0.3) is 0 Å². The molecule has 0 amide bonds. The summed E-state index contributed by atoms with van der Waals surface area (Å²) < 4.78 is 5.48. The van der Waals surface area contributed by atoms with Crippen molar-refractivity contribution in [2.75, 3.05) is 7.11 Å². The minimum absolute atomic E-state index is 0.233. The molecule has 0 aliphatic carbocycles. The molecule has 0 saturated carbocycles. The number of halogens is 3. The highest BCUT2D eigenvalue weighted by Gasteiger charge is 2.11. The van der Waals surface area contributed by atoms with Gasteiger partial charge in [-0.25, -0.2) is 0 Å². The predicted molar refractivity (Wildman–Crippen MR) is 67.5 cm³/mol. The molecule has 0 aliphatic heterocycles. The van der Waals surface area contributed by atoms with Gasteiger partial charge in [-0.2, -0.15) is 0 Å². The van der Waals surface area contributed by atoms with E-state index in [4.69, 9.17) is 11.6 Å². The number of ether oxygens (including phenoxy) is 1. The lowest BCUT2D eigenvalue weighted by Crippen LogP contribution is -2.06. The SMILES string of the molecule is COC(=O)Cc1cc(Br)cc(Cl)c1CBr. The second kappa shape index (κ2) is 5.87. The number of methoxy groups -OCH3 is 1. The molecule has 0 aliphatic rings. The van der Waals surface area contributed by atoms with E-state index in [1.807, 2.05) is 6.07 Å².